The molecule has 1 fully saturated rings. The SMILES string of the molecule is O=C1CC(C(=O)N2CCCC2)c2ccc(Cl)cc21. The highest BCUT2D eigenvalue weighted by Crippen LogP contribution is 2.36. The van der Waals surface area contributed by atoms with E-state index in [2.05, 4.69) is 0 Å². The molecule has 1 aromatic rings. The number of nitrogens with zero attached hydrogens (tertiary/aromatic N) is 1. The van der Waals surface area contributed by atoms with E-state index in [4.69, 9.17) is 11.6 Å². The molecule has 1 amide bonds. The Morgan fingerprint density at radius 2 is 2.00 bits per heavy atom. The minimum Gasteiger partial charge on any atom is -0.342 e. The van der Waals surface area contributed by atoms with Gasteiger partial charge in [0.25, 0.3) is 0 Å². The third-order valence-corrected chi connectivity index (χ3v) is 4.03. The minimum atomic E-state index is -0.289. The van der Waals surface area contributed by atoms with E-state index in [1.54, 1.807) is 12.1 Å². The van der Waals surface area contributed by atoms with Gasteiger partial charge >= 0.3 is 0 Å². The fourth-order valence-electron chi connectivity index (χ4n) is 2.86. The first-order valence-electron chi connectivity index (χ1n) is 6.28. The smallest absolute Gasteiger partial charge is 0.230 e. The predicted octanol–water partition coefficient (Wildman–Crippen LogP) is 2.63. The molecule has 0 aromatic heterocycles. The second-order valence-corrected chi connectivity index (χ2v) is 5.38. The van der Waals surface area contributed by atoms with Gasteiger partial charge in [0.1, 0.15) is 0 Å². The Morgan fingerprint density at radius 1 is 1.28 bits per heavy atom. The van der Waals surface area contributed by atoms with Crippen LogP contribution < -0.4 is 0 Å². The maximum Gasteiger partial charge on any atom is 0.230 e. The molecule has 18 heavy (non-hydrogen) atoms. The zero-order valence-corrected chi connectivity index (χ0v) is 10.7. The summed E-state index contributed by atoms with van der Waals surface area (Å²) in [5.74, 6) is -0.158. The number of hydrogen-bond acceptors (Lipinski definition) is 2. The number of amides is 1. The van der Waals surface area contributed by atoms with Crippen molar-refractivity contribution in [2.24, 2.45) is 0 Å². The van der Waals surface area contributed by atoms with Crippen molar-refractivity contribution >= 4 is 23.3 Å². The quantitative estimate of drug-likeness (QED) is 0.781. The number of Topliss-reactive ketones (excluding diaryl/α,β-unsaturated/α-hetero) is 1. The van der Waals surface area contributed by atoms with Crippen molar-refractivity contribution in [2.45, 2.75) is 25.2 Å². The number of benzene rings is 1. The van der Waals surface area contributed by atoms with Gasteiger partial charge in [-0.25, -0.2) is 0 Å². The lowest BCUT2D eigenvalue weighted by atomic mass is 10.00. The highest BCUT2D eigenvalue weighted by atomic mass is 35.5. The first kappa shape index (κ1) is 11.7. The molecule has 0 bridgehead atoms. The average Bonchev–Trinajstić information content (AvgIpc) is 2.97. The normalized spacial score (nSPS) is 22.4. The van der Waals surface area contributed by atoms with Crippen molar-refractivity contribution in [2.75, 3.05) is 13.1 Å². The highest BCUT2D eigenvalue weighted by molar-refractivity contribution is 6.31. The summed E-state index contributed by atoms with van der Waals surface area (Å²) in [7, 11) is 0. The largest absolute Gasteiger partial charge is 0.342 e. The van der Waals surface area contributed by atoms with Crippen molar-refractivity contribution in [3.63, 3.8) is 0 Å². The van der Waals surface area contributed by atoms with Crippen LogP contribution in [0.25, 0.3) is 0 Å². The summed E-state index contributed by atoms with van der Waals surface area (Å²) in [4.78, 5) is 26.2. The number of halogens is 1. The molecule has 3 nitrogen and oxygen atoms in total. The summed E-state index contributed by atoms with van der Waals surface area (Å²) in [5, 5.41) is 0.552. The summed E-state index contributed by atoms with van der Waals surface area (Å²) >= 11 is 5.90. The lowest BCUT2D eigenvalue weighted by Gasteiger charge is -2.20. The standard InChI is InChI=1S/C14H14ClNO2/c15-9-3-4-10-11(7-9)13(17)8-12(10)14(18)16-5-1-2-6-16/h3-4,7,12H,1-2,5-6,8H2. The van der Waals surface area contributed by atoms with Crippen LogP contribution in [0, 0.1) is 0 Å². The average molecular weight is 264 g/mol. The highest BCUT2D eigenvalue weighted by Gasteiger charge is 2.37. The molecule has 1 aliphatic heterocycles. The van der Waals surface area contributed by atoms with E-state index in [1.165, 1.54) is 0 Å². The molecule has 1 aromatic carbocycles. The van der Waals surface area contributed by atoms with Gasteiger partial charge in [-0.05, 0) is 30.5 Å². The van der Waals surface area contributed by atoms with Crippen molar-refractivity contribution in [3.05, 3.63) is 34.3 Å². The van der Waals surface area contributed by atoms with E-state index in [9.17, 15) is 9.59 Å². The lowest BCUT2D eigenvalue weighted by Crippen LogP contribution is -2.31. The van der Waals surface area contributed by atoms with Gasteiger partial charge in [-0.3, -0.25) is 9.59 Å². The molecular formula is C14H14ClNO2. The van der Waals surface area contributed by atoms with Gasteiger partial charge < -0.3 is 4.90 Å². The Labute approximate surface area is 111 Å². The maximum absolute atomic E-state index is 12.4. The summed E-state index contributed by atoms with van der Waals surface area (Å²) in [6, 6.07) is 5.25. The summed E-state index contributed by atoms with van der Waals surface area (Å²) in [5.41, 5.74) is 1.47. The lowest BCUT2D eigenvalue weighted by molar-refractivity contribution is -0.131. The van der Waals surface area contributed by atoms with Crippen LogP contribution in [-0.2, 0) is 4.79 Å². The van der Waals surface area contributed by atoms with E-state index in [0.717, 1.165) is 31.5 Å². The molecule has 0 spiro atoms. The van der Waals surface area contributed by atoms with Crippen molar-refractivity contribution in [3.8, 4) is 0 Å². The second kappa shape index (κ2) is 4.39. The minimum absolute atomic E-state index is 0.0325. The molecule has 1 heterocycles. The van der Waals surface area contributed by atoms with Crippen LogP contribution in [0.1, 0.15) is 41.1 Å². The molecule has 1 aliphatic carbocycles. The topological polar surface area (TPSA) is 37.4 Å². The molecule has 0 saturated carbocycles. The van der Waals surface area contributed by atoms with E-state index < -0.39 is 0 Å². The fourth-order valence-corrected chi connectivity index (χ4v) is 3.03. The zero-order valence-electron chi connectivity index (χ0n) is 9.99. The van der Waals surface area contributed by atoms with Crippen LogP contribution in [0.4, 0.5) is 0 Å². The van der Waals surface area contributed by atoms with Gasteiger partial charge in [-0.2, -0.15) is 0 Å². The predicted molar refractivity (Wildman–Crippen MR) is 69.0 cm³/mol. The van der Waals surface area contributed by atoms with E-state index in [-0.39, 0.29) is 17.6 Å². The number of carbonyl (C=O) groups excluding carboxylic acids is 2. The van der Waals surface area contributed by atoms with Gasteiger partial charge in [-0.1, -0.05) is 17.7 Å². The molecule has 3 rings (SSSR count). The van der Waals surface area contributed by atoms with Gasteiger partial charge in [0.15, 0.2) is 5.78 Å². The van der Waals surface area contributed by atoms with Crippen molar-refractivity contribution < 1.29 is 9.59 Å². The summed E-state index contributed by atoms with van der Waals surface area (Å²) < 4.78 is 0. The van der Waals surface area contributed by atoms with Crippen LogP contribution >= 0.6 is 11.6 Å². The number of carbonyl (C=O) groups is 2. The number of likely N-dealkylation sites (tertiary alicyclic amines) is 1. The fraction of sp³-hybridized carbons (Fsp3) is 0.429. The van der Waals surface area contributed by atoms with Gasteiger partial charge in [0.2, 0.25) is 5.91 Å². The number of hydrogen-bond donors (Lipinski definition) is 0. The molecule has 1 unspecified atom stereocenters. The third-order valence-electron chi connectivity index (χ3n) is 3.80. The first-order chi connectivity index (χ1) is 8.66. The maximum atomic E-state index is 12.4. The van der Waals surface area contributed by atoms with E-state index >= 15 is 0 Å². The van der Waals surface area contributed by atoms with Gasteiger partial charge in [0, 0.05) is 30.1 Å². The van der Waals surface area contributed by atoms with Crippen LogP contribution in [0.15, 0.2) is 18.2 Å². The van der Waals surface area contributed by atoms with Crippen molar-refractivity contribution in [1.29, 1.82) is 0 Å². The Kier molecular flexibility index (Phi) is 2.86. The van der Waals surface area contributed by atoms with Crippen LogP contribution in [0.2, 0.25) is 5.02 Å². The number of ketones is 1. The van der Waals surface area contributed by atoms with Crippen LogP contribution in [0.5, 0.6) is 0 Å². The van der Waals surface area contributed by atoms with Crippen molar-refractivity contribution in [1.82, 2.24) is 4.90 Å². The zero-order chi connectivity index (χ0) is 12.7. The van der Waals surface area contributed by atoms with Crippen LogP contribution in [-0.4, -0.2) is 29.7 Å². The molecule has 2 aliphatic rings. The number of rotatable bonds is 1. The van der Waals surface area contributed by atoms with Crippen LogP contribution in [0.3, 0.4) is 0 Å². The van der Waals surface area contributed by atoms with E-state index in [1.807, 2.05) is 11.0 Å². The second-order valence-electron chi connectivity index (χ2n) is 4.94. The molecule has 1 atom stereocenters. The molecule has 0 radical (unpaired) electrons. The number of fused-ring (bicyclic) bond motifs is 1. The van der Waals surface area contributed by atoms with E-state index in [0.29, 0.717) is 17.0 Å². The molecule has 0 N–H and O–H groups in total. The molecule has 1 saturated heterocycles. The van der Waals surface area contributed by atoms with Gasteiger partial charge in [0.05, 0.1) is 5.92 Å². The Hall–Kier alpha value is -1.35. The van der Waals surface area contributed by atoms with Gasteiger partial charge in [-0.15, -0.1) is 0 Å². The molecule has 4 heteroatoms. The summed E-state index contributed by atoms with van der Waals surface area (Å²) in [6.07, 6.45) is 2.44. The Morgan fingerprint density at radius 3 is 2.72 bits per heavy atom. The Balaban J connectivity index is 1.92. The molecular weight excluding hydrogens is 250 g/mol. The molecule has 94 valence electrons. The third kappa shape index (κ3) is 1.83. The monoisotopic (exact) mass is 263 g/mol. The summed E-state index contributed by atoms with van der Waals surface area (Å²) in [6.45, 7) is 1.65. The first-order valence-corrected chi connectivity index (χ1v) is 6.66. The Bertz CT molecular complexity index is 521.